The van der Waals surface area contributed by atoms with Gasteiger partial charge in [-0.3, -0.25) is 9.59 Å². The quantitative estimate of drug-likeness (QED) is 0.680. The number of benzene rings is 1. The zero-order chi connectivity index (χ0) is 10.4. The summed E-state index contributed by atoms with van der Waals surface area (Å²) in [4.78, 5) is 27.3. The average molecular weight is 202 g/mol. The van der Waals surface area contributed by atoms with Crippen LogP contribution >= 0.6 is 0 Å². The molecule has 2 N–H and O–H groups in total. The Labute approximate surface area is 85.0 Å². The van der Waals surface area contributed by atoms with Crippen molar-refractivity contribution in [1.29, 1.82) is 0 Å². The van der Waals surface area contributed by atoms with Crippen molar-refractivity contribution in [2.75, 3.05) is 0 Å². The van der Waals surface area contributed by atoms with Gasteiger partial charge in [0.1, 0.15) is 0 Å². The first-order valence-electron chi connectivity index (χ1n) is 5.00. The Morgan fingerprint density at radius 2 is 1.67 bits per heavy atom. The number of aromatic amines is 2. The Kier molecular flexibility index (Phi) is 1.59. The lowest BCUT2D eigenvalue weighted by Crippen LogP contribution is -2.28. The Balaban J connectivity index is 2.30. The Morgan fingerprint density at radius 3 is 2.33 bits per heavy atom. The van der Waals surface area contributed by atoms with Crippen molar-refractivity contribution < 1.29 is 0 Å². The van der Waals surface area contributed by atoms with Crippen LogP contribution in [0, 0.1) is 0 Å². The average Bonchev–Trinajstić information content (AvgIpc) is 3.02. The van der Waals surface area contributed by atoms with E-state index in [2.05, 4.69) is 9.97 Å². The third-order valence-electron chi connectivity index (χ3n) is 2.80. The Morgan fingerprint density at radius 1 is 1.00 bits per heavy atom. The van der Waals surface area contributed by atoms with Gasteiger partial charge < -0.3 is 9.97 Å². The van der Waals surface area contributed by atoms with Gasteiger partial charge in [0.25, 0.3) is 0 Å². The second-order valence-corrected chi connectivity index (χ2v) is 3.99. The number of H-pyrrole nitrogens is 2. The highest BCUT2D eigenvalue weighted by Gasteiger charge is 2.23. The van der Waals surface area contributed by atoms with Crippen molar-refractivity contribution in [1.82, 2.24) is 9.97 Å². The fourth-order valence-electron chi connectivity index (χ4n) is 1.80. The maximum absolute atomic E-state index is 11.1. The summed E-state index contributed by atoms with van der Waals surface area (Å²) in [5.74, 6) is 0.643. The highest BCUT2D eigenvalue weighted by atomic mass is 16.2. The molecule has 0 aliphatic heterocycles. The minimum Gasteiger partial charge on any atom is -0.316 e. The van der Waals surface area contributed by atoms with Gasteiger partial charge in [0.05, 0.1) is 11.0 Å². The molecular formula is C11H10N2O2. The molecule has 1 saturated carbocycles. The summed E-state index contributed by atoms with van der Waals surface area (Å²) in [6.45, 7) is 0. The van der Waals surface area contributed by atoms with E-state index in [1.807, 2.05) is 18.2 Å². The number of hydrogen-bond acceptors (Lipinski definition) is 2. The van der Waals surface area contributed by atoms with Crippen molar-refractivity contribution in [3.8, 4) is 0 Å². The van der Waals surface area contributed by atoms with Crippen molar-refractivity contribution >= 4 is 11.0 Å². The highest BCUT2D eigenvalue weighted by molar-refractivity contribution is 5.74. The van der Waals surface area contributed by atoms with E-state index in [1.54, 1.807) is 0 Å². The van der Waals surface area contributed by atoms with Gasteiger partial charge in [-0.15, -0.1) is 0 Å². The monoisotopic (exact) mass is 202 g/mol. The molecule has 0 saturated heterocycles. The number of fused-ring (bicyclic) bond motifs is 1. The molecule has 1 aromatic carbocycles. The molecule has 0 radical (unpaired) electrons. The molecule has 0 spiro atoms. The zero-order valence-corrected chi connectivity index (χ0v) is 8.04. The Hall–Kier alpha value is -1.84. The third kappa shape index (κ3) is 1.38. The van der Waals surface area contributed by atoms with Crippen LogP contribution in [-0.2, 0) is 0 Å². The number of hydrogen-bond donors (Lipinski definition) is 2. The van der Waals surface area contributed by atoms with Gasteiger partial charge in [-0.25, -0.2) is 0 Å². The van der Waals surface area contributed by atoms with E-state index in [0.29, 0.717) is 17.0 Å². The maximum atomic E-state index is 11.1. The normalized spacial score (nSPS) is 15.7. The summed E-state index contributed by atoms with van der Waals surface area (Å²) < 4.78 is 0. The lowest BCUT2D eigenvalue weighted by Gasteiger charge is -2.00. The van der Waals surface area contributed by atoms with Gasteiger partial charge in [-0.1, -0.05) is 6.07 Å². The lowest BCUT2D eigenvalue weighted by atomic mass is 10.1. The van der Waals surface area contributed by atoms with E-state index in [-0.39, 0.29) is 0 Å². The molecule has 0 amide bonds. The fraction of sp³-hybridized carbons (Fsp3) is 0.273. The predicted octanol–water partition coefficient (Wildman–Crippen LogP) is 1.09. The fourth-order valence-corrected chi connectivity index (χ4v) is 1.80. The van der Waals surface area contributed by atoms with E-state index < -0.39 is 11.1 Å². The molecular weight excluding hydrogens is 192 g/mol. The second-order valence-electron chi connectivity index (χ2n) is 3.99. The zero-order valence-electron chi connectivity index (χ0n) is 8.04. The van der Waals surface area contributed by atoms with Crippen LogP contribution in [-0.4, -0.2) is 9.97 Å². The van der Waals surface area contributed by atoms with Crippen LogP contribution in [0.5, 0.6) is 0 Å². The second kappa shape index (κ2) is 2.82. The van der Waals surface area contributed by atoms with Gasteiger partial charge in [-0.2, -0.15) is 0 Å². The van der Waals surface area contributed by atoms with Crippen molar-refractivity contribution in [2.24, 2.45) is 0 Å². The molecule has 15 heavy (non-hydrogen) atoms. The number of aromatic nitrogens is 2. The lowest BCUT2D eigenvalue weighted by molar-refractivity contribution is 1.11. The molecule has 3 rings (SSSR count). The third-order valence-corrected chi connectivity index (χ3v) is 2.80. The van der Waals surface area contributed by atoms with Gasteiger partial charge in [0.15, 0.2) is 0 Å². The van der Waals surface area contributed by atoms with E-state index in [9.17, 15) is 9.59 Å². The first-order valence-corrected chi connectivity index (χ1v) is 5.00. The molecule has 1 aliphatic rings. The molecule has 1 fully saturated rings. The molecule has 0 bridgehead atoms. The summed E-state index contributed by atoms with van der Waals surface area (Å²) in [5.41, 5.74) is 1.45. The van der Waals surface area contributed by atoms with Crippen LogP contribution in [0.3, 0.4) is 0 Å². The minimum absolute atomic E-state index is 0.588. The van der Waals surface area contributed by atoms with Gasteiger partial charge in [-0.05, 0) is 36.5 Å². The van der Waals surface area contributed by atoms with Crippen LogP contribution in [0.1, 0.15) is 24.3 Å². The molecule has 1 aliphatic carbocycles. The van der Waals surface area contributed by atoms with Crippen LogP contribution in [0.2, 0.25) is 0 Å². The first-order chi connectivity index (χ1) is 7.24. The van der Waals surface area contributed by atoms with Crippen LogP contribution in [0.15, 0.2) is 27.8 Å². The summed E-state index contributed by atoms with van der Waals surface area (Å²) in [6, 6.07) is 5.80. The van der Waals surface area contributed by atoms with E-state index in [4.69, 9.17) is 0 Å². The minimum atomic E-state index is -0.596. The summed E-state index contributed by atoms with van der Waals surface area (Å²) in [5, 5.41) is 0. The van der Waals surface area contributed by atoms with E-state index >= 15 is 0 Å². The number of nitrogens with one attached hydrogen (secondary N) is 2. The van der Waals surface area contributed by atoms with Crippen molar-refractivity contribution in [3.05, 3.63) is 44.5 Å². The van der Waals surface area contributed by atoms with Crippen LogP contribution in [0.4, 0.5) is 0 Å². The molecule has 1 aromatic heterocycles. The predicted molar refractivity (Wildman–Crippen MR) is 57.2 cm³/mol. The number of rotatable bonds is 1. The van der Waals surface area contributed by atoms with Gasteiger partial charge >= 0.3 is 11.1 Å². The van der Waals surface area contributed by atoms with E-state index in [1.165, 1.54) is 18.4 Å². The molecule has 0 unspecified atom stereocenters. The SMILES string of the molecule is O=c1[nH]c2ccc(C3CC3)cc2[nH]c1=O. The maximum Gasteiger partial charge on any atom is 0.314 e. The highest BCUT2D eigenvalue weighted by Crippen LogP contribution is 2.40. The smallest absolute Gasteiger partial charge is 0.314 e. The molecule has 1 heterocycles. The van der Waals surface area contributed by atoms with Crippen LogP contribution in [0.25, 0.3) is 11.0 Å². The van der Waals surface area contributed by atoms with E-state index in [0.717, 1.165) is 0 Å². The molecule has 4 heteroatoms. The first kappa shape index (κ1) is 8.47. The molecule has 4 nitrogen and oxygen atoms in total. The standard InChI is InChI=1S/C11H10N2O2/c14-10-11(15)13-9-5-7(6-1-2-6)3-4-8(9)12-10/h3-6H,1-2H2,(H,12,14)(H,13,15). The van der Waals surface area contributed by atoms with Gasteiger partial charge in [0.2, 0.25) is 0 Å². The molecule has 2 aromatic rings. The summed E-state index contributed by atoms with van der Waals surface area (Å²) in [7, 11) is 0. The molecule has 76 valence electrons. The topological polar surface area (TPSA) is 65.7 Å². The van der Waals surface area contributed by atoms with Gasteiger partial charge in [0, 0.05) is 0 Å². The summed E-state index contributed by atoms with van der Waals surface area (Å²) >= 11 is 0. The van der Waals surface area contributed by atoms with Crippen molar-refractivity contribution in [2.45, 2.75) is 18.8 Å². The Bertz CT molecular complexity index is 635. The largest absolute Gasteiger partial charge is 0.316 e. The molecule has 0 atom stereocenters. The van der Waals surface area contributed by atoms with Crippen LogP contribution < -0.4 is 11.1 Å². The van der Waals surface area contributed by atoms with Crippen molar-refractivity contribution in [3.63, 3.8) is 0 Å². The summed E-state index contributed by atoms with van der Waals surface area (Å²) in [6.07, 6.45) is 2.44.